The highest BCUT2D eigenvalue weighted by Gasteiger charge is 2.36. The minimum Gasteiger partial charge on any atom is -0.483 e. The predicted octanol–water partition coefficient (Wildman–Crippen LogP) is 3.08. The number of nitrogens with zero attached hydrogens (tertiary/aromatic N) is 7. The molecule has 2 aromatic heterocycles. The van der Waals surface area contributed by atoms with Crippen LogP contribution in [-0.4, -0.2) is 61.4 Å². The second-order valence-corrected chi connectivity index (χ2v) is 11.1. The molecule has 3 atom stereocenters. The molecule has 38 heavy (non-hydrogen) atoms. The van der Waals surface area contributed by atoms with Crippen LogP contribution in [0.2, 0.25) is 0 Å². The Labute approximate surface area is 221 Å². The number of aryl methyl sites for hydroxylation is 2. The maximum Gasteiger partial charge on any atom is 0.350 e. The number of aromatic nitrogens is 4. The third-order valence-electron chi connectivity index (χ3n) is 7.68. The number of halogens is 1. The van der Waals surface area contributed by atoms with E-state index in [9.17, 15) is 14.4 Å². The van der Waals surface area contributed by atoms with Crippen LogP contribution in [0.4, 0.5) is 10.2 Å². The van der Waals surface area contributed by atoms with E-state index in [0.717, 1.165) is 5.56 Å². The van der Waals surface area contributed by atoms with Gasteiger partial charge in [0, 0.05) is 45.3 Å². The molecule has 0 amide bonds. The molecule has 11 heteroatoms. The van der Waals surface area contributed by atoms with Crippen molar-refractivity contribution in [1.82, 2.24) is 24.0 Å². The normalized spacial score (nSPS) is 21.9. The van der Waals surface area contributed by atoms with Gasteiger partial charge in [0.25, 0.3) is 0 Å². The summed E-state index contributed by atoms with van der Waals surface area (Å²) < 4.78 is 29.9. The van der Waals surface area contributed by atoms with Gasteiger partial charge >= 0.3 is 5.69 Å². The van der Waals surface area contributed by atoms with E-state index in [0.29, 0.717) is 48.3 Å². The first-order chi connectivity index (χ1) is 17.9. The van der Waals surface area contributed by atoms with Gasteiger partial charge in [-0.15, -0.1) is 0 Å². The molecule has 10 nitrogen and oxygen atoms in total. The number of anilines is 1. The average Bonchev–Trinajstić information content (AvgIpc) is 3.17. The van der Waals surface area contributed by atoms with Gasteiger partial charge in [0.2, 0.25) is 0 Å². The largest absolute Gasteiger partial charge is 0.483 e. The summed E-state index contributed by atoms with van der Waals surface area (Å²) in [7, 11) is 3.48. The zero-order valence-electron chi connectivity index (χ0n) is 22.9. The first-order valence-corrected chi connectivity index (χ1v) is 12.9. The van der Waals surface area contributed by atoms with E-state index in [1.807, 2.05) is 27.0 Å². The number of rotatable bonds is 4. The molecule has 1 fully saturated rings. The first-order valence-electron chi connectivity index (χ1n) is 12.9. The average molecular weight is 524 g/mol. The van der Waals surface area contributed by atoms with Crippen molar-refractivity contribution >= 4 is 17.0 Å². The lowest BCUT2D eigenvalue weighted by molar-refractivity contribution is 0.0180. The van der Waals surface area contributed by atoms with Crippen LogP contribution in [0.1, 0.15) is 52.0 Å². The highest BCUT2D eigenvalue weighted by Crippen LogP contribution is 2.41. The third kappa shape index (κ3) is 4.26. The summed E-state index contributed by atoms with van der Waals surface area (Å²) in [4.78, 5) is 26.4. The zero-order valence-corrected chi connectivity index (χ0v) is 22.9. The van der Waals surface area contributed by atoms with Crippen molar-refractivity contribution in [3.8, 4) is 17.6 Å². The Morgan fingerprint density at radius 3 is 2.63 bits per heavy atom. The Kier molecular flexibility index (Phi) is 6.34. The van der Waals surface area contributed by atoms with E-state index in [4.69, 9.17) is 14.5 Å². The van der Waals surface area contributed by atoms with Crippen molar-refractivity contribution in [3.63, 3.8) is 0 Å². The Balaban J connectivity index is 1.45. The van der Waals surface area contributed by atoms with Crippen molar-refractivity contribution in [2.75, 3.05) is 24.6 Å². The molecular weight excluding hydrogens is 489 g/mol. The van der Waals surface area contributed by atoms with Gasteiger partial charge in [-0.1, -0.05) is 0 Å². The summed E-state index contributed by atoms with van der Waals surface area (Å²) in [5.41, 5.74) is 1.16. The quantitative estimate of drug-likeness (QED) is 0.514. The second kappa shape index (κ2) is 9.27. The number of hydrogen-bond donors (Lipinski definition) is 0. The lowest BCUT2D eigenvalue weighted by atomic mass is 9.99. The van der Waals surface area contributed by atoms with Gasteiger partial charge in [0.15, 0.2) is 23.1 Å². The van der Waals surface area contributed by atoms with Crippen molar-refractivity contribution in [2.24, 2.45) is 14.1 Å². The molecule has 0 bridgehead atoms. The molecule has 2 aliphatic heterocycles. The van der Waals surface area contributed by atoms with E-state index < -0.39 is 11.4 Å². The van der Waals surface area contributed by atoms with Crippen LogP contribution < -0.4 is 20.1 Å². The van der Waals surface area contributed by atoms with Crippen molar-refractivity contribution in [1.29, 1.82) is 5.26 Å². The van der Waals surface area contributed by atoms with Crippen molar-refractivity contribution in [2.45, 2.75) is 64.8 Å². The molecule has 4 heterocycles. The number of nitriles is 1. The number of piperazine rings is 1. The second-order valence-electron chi connectivity index (χ2n) is 11.1. The number of fused-ring (bicyclic) bond motifs is 2. The Morgan fingerprint density at radius 2 is 1.92 bits per heavy atom. The summed E-state index contributed by atoms with van der Waals surface area (Å²) in [6.45, 7) is 11.7. The van der Waals surface area contributed by atoms with Crippen molar-refractivity contribution in [3.05, 3.63) is 39.8 Å². The summed E-state index contributed by atoms with van der Waals surface area (Å²) >= 11 is 0. The Morgan fingerprint density at radius 1 is 1.18 bits per heavy atom. The molecule has 0 saturated carbocycles. The number of hydrogen-bond acceptors (Lipinski definition) is 8. The molecule has 0 spiro atoms. The van der Waals surface area contributed by atoms with E-state index in [-0.39, 0.29) is 36.0 Å². The molecule has 202 valence electrons. The zero-order chi connectivity index (χ0) is 27.5. The lowest BCUT2D eigenvalue weighted by Crippen LogP contribution is -2.57. The van der Waals surface area contributed by atoms with Crippen LogP contribution in [0.3, 0.4) is 0 Å². The van der Waals surface area contributed by atoms with Crippen LogP contribution in [0, 0.1) is 17.1 Å². The van der Waals surface area contributed by atoms with Gasteiger partial charge in [0.05, 0.1) is 12.5 Å². The van der Waals surface area contributed by atoms with E-state index >= 15 is 0 Å². The van der Waals surface area contributed by atoms with Gasteiger partial charge < -0.3 is 18.9 Å². The summed E-state index contributed by atoms with van der Waals surface area (Å²) in [5.74, 6) is 1.29. The fourth-order valence-corrected chi connectivity index (χ4v) is 5.61. The van der Waals surface area contributed by atoms with Gasteiger partial charge in [-0.3, -0.25) is 9.47 Å². The highest BCUT2D eigenvalue weighted by molar-refractivity contribution is 5.84. The Bertz CT molecular complexity index is 1510. The summed E-state index contributed by atoms with van der Waals surface area (Å²) in [5, 5.41) is 9.23. The molecule has 0 N–H and O–H groups in total. The van der Waals surface area contributed by atoms with E-state index in [1.165, 1.54) is 10.6 Å². The molecule has 1 unspecified atom stereocenters. The molecule has 5 rings (SSSR count). The van der Waals surface area contributed by atoms with Crippen LogP contribution in [0.15, 0.2) is 16.9 Å². The third-order valence-corrected chi connectivity index (χ3v) is 7.68. The van der Waals surface area contributed by atoms with Gasteiger partial charge in [-0.05, 0) is 52.3 Å². The van der Waals surface area contributed by atoms with Gasteiger partial charge in [0.1, 0.15) is 29.2 Å². The fraction of sp³-hybridized carbons (Fsp3) is 0.556. The van der Waals surface area contributed by atoms with Crippen molar-refractivity contribution < 1.29 is 13.9 Å². The topological polar surface area (TPSA) is 101 Å². The smallest absolute Gasteiger partial charge is 0.350 e. The molecule has 2 aliphatic rings. The number of imidazole rings is 1. The van der Waals surface area contributed by atoms with Crippen LogP contribution in [0.5, 0.6) is 11.5 Å². The fourth-order valence-electron chi connectivity index (χ4n) is 5.61. The molecule has 0 radical (unpaired) electrons. The molecule has 3 aromatic rings. The highest BCUT2D eigenvalue weighted by atomic mass is 19.1. The lowest BCUT2D eigenvalue weighted by Gasteiger charge is -2.47. The summed E-state index contributed by atoms with van der Waals surface area (Å²) in [6, 6.07) is 5.53. The number of ether oxygens (including phenoxy) is 2. The van der Waals surface area contributed by atoms with E-state index in [2.05, 4.69) is 41.6 Å². The molecule has 0 aliphatic carbocycles. The maximum absolute atomic E-state index is 15.0. The number of benzene rings is 1. The molecular formula is C27H34FN7O3. The Hall–Kier alpha value is -3.65. The van der Waals surface area contributed by atoms with Crippen LogP contribution in [-0.2, 0) is 20.5 Å². The minimum atomic E-state index is -0.529. The predicted molar refractivity (Wildman–Crippen MR) is 141 cm³/mol. The monoisotopic (exact) mass is 523 g/mol. The van der Waals surface area contributed by atoms with Gasteiger partial charge in [-0.2, -0.15) is 10.2 Å². The first kappa shape index (κ1) is 26.0. The SMILES string of the molecule is CC(c1cc(F)c2c(c1)OC(C)(C)CO2)N1C[C@H](C)N(c2nc(=O)n(C)c3c2nc(CC#N)n3C)C[C@H]1C. The molecule has 1 saturated heterocycles. The maximum atomic E-state index is 15.0. The van der Waals surface area contributed by atoms with E-state index in [1.54, 1.807) is 11.6 Å². The minimum absolute atomic E-state index is 0.00105. The summed E-state index contributed by atoms with van der Waals surface area (Å²) in [6.07, 6.45) is 0.138. The standard InChI is InChI=1S/C27H34FN7O3/c1-15-13-35(24-22-25(33(7)26(36)31-24)32(6)21(30-22)8-9-29)16(2)12-34(15)17(3)18-10-19(28)23-20(11-18)38-27(4,5)14-37-23/h10-11,15-17H,8,12-14H2,1-7H3/t15-,16+,17?/m1/s1. The van der Waals surface area contributed by atoms with Gasteiger partial charge in [-0.25, -0.2) is 14.2 Å². The molecule has 1 aromatic carbocycles. The van der Waals surface area contributed by atoms with Crippen LogP contribution in [0.25, 0.3) is 11.2 Å². The van der Waals surface area contributed by atoms with Crippen LogP contribution >= 0.6 is 0 Å².